The highest BCUT2D eigenvalue weighted by molar-refractivity contribution is 7.80. The molecule has 1 spiro atoms. The number of anilines is 1. The smallest absolute Gasteiger partial charge is 0.340 e. The molecule has 156 valence electrons. The maximum Gasteiger partial charge on any atom is 0.340 e. The molecule has 8 heteroatoms. The number of para-hydroxylation sites is 1. The quantitative estimate of drug-likeness (QED) is 0.271. The third-order valence-corrected chi connectivity index (χ3v) is 5.82. The van der Waals surface area contributed by atoms with Gasteiger partial charge in [-0.1, -0.05) is 24.3 Å². The number of rotatable bonds is 3. The van der Waals surface area contributed by atoms with Crippen LogP contribution in [0.15, 0.2) is 60.7 Å². The average Bonchev–Trinajstić information content (AvgIpc) is 3.05. The summed E-state index contributed by atoms with van der Waals surface area (Å²) in [7, 11) is 0. The zero-order valence-corrected chi connectivity index (χ0v) is 17.9. The molecule has 0 aliphatic carbocycles. The number of aromatic hydroxyl groups is 1. The molecule has 0 bridgehead atoms. The van der Waals surface area contributed by atoms with E-state index < -0.39 is 11.6 Å². The molecule has 5 rings (SSSR count). The van der Waals surface area contributed by atoms with Crippen LogP contribution in [0.3, 0.4) is 0 Å². The number of phenolic OH excluding ortho intramolecular Hbond substituents is 1. The molecule has 0 radical (unpaired) electrons. The molecule has 0 fully saturated rings. The van der Waals surface area contributed by atoms with Crippen molar-refractivity contribution in [1.82, 2.24) is 5.32 Å². The Morgan fingerprint density at radius 2 is 1.81 bits per heavy atom. The van der Waals surface area contributed by atoms with Gasteiger partial charge in [-0.3, -0.25) is 0 Å². The van der Waals surface area contributed by atoms with E-state index in [1.807, 2.05) is 36.4 Å². The number of hydrogen-bond acceptors (Lipinski definition) is 6. The minimum absolute atomic E-state index is 0.0691. The van der Waals surface area contributed by atoms with E-state index in [0.29, 0.717) is 51.3 Å². The van der Waals surface area contributed by atoms with Crippen LogP contribution >= 0.6 is 24.8 Å². The van der Waals surface area contributed by atoms with Crippen LogP contribution in [0, 0.1) is 0 Å². The van der Waals surface area contributed by atoms with E-state index in [4.69, 9.17) is 21.7 Å². The zero-order chi connectivity index (χ0) is 21.6. The molecule has 2 aliphatic heterocycles. The molecule has 0 saturated heterocycles. The molecule has 1 unspecified atom stereocenters. The van der Waals surface area contributed by atoms with Crippen molar-refractivity contribution >= 4 is 41.6 Å². The molecule has 6 nitrogen and oxygen atoms in total. The predicted molar refractivity (Wildman–Crippen MR) is 124 cm³/mol. The van der Waals surface area contributed by atoms with Gasteiger partial charge in [0.05, 0.1) is 5.56 Å². The first-order chi connectivity index (χ1) is 15.0. The number of carbonyl (C=O) groups excluding carboxylic acids is 1. The van der Waals surface area contributed by atoms with Crippen LogP contribution in [-0.4, -0.2) is 28.5 Å². The Morgan fingerprint density at radius 1 is 1.03 bits per heavy atom. The molecule has 0 amide bonds. The predicted octanol–water partition coefficient (Wildman–Crippen LogP) is 4.18. The first-order valence-electron chi connectivity index (χ1n) is 9.67. The number of phenols is 1. The number of hydrogen-bond donors (Lipinski definition) is 4. The van der Waals surface area contributed by atoms with Gasteiger partial charge in [-0.2, -0.15) is 12.6 Å². The van der Waals surface area contributed by atoms with Crippen molar-refractivity contribution in [3.8, 4) is 17.2 Å². The Labute approximate surface area is 189 Å². The van der Waals surface area contributed by atoms with Crippen molar-refractivity contribution in [2.24, 2.45) is 0 Å². The van der Waals surface area contributed by atoms with Crippen LogP contribution in [-0.2, 0) is 10.3 Å². The van der Waals surface area contributed by atoms with E-state index in [0.717, 1.165) is 5.56 Å². The molecule has 1 atom stereocenters. The summed E-state index contributed by atoms with van der Waals surface area (Å²) in [6, 6.07) is 17.7. The maximum absolute atomic E-state index is 13.0. The van der Waals surface area contributed by atoms with E-state index >= 15 is 0 Å². The van der Waals surface area contributed by atoms with Crippen LogP contribution in [0.1, 0.15) is 27.0 Å². The SMILES string of the molecule is O=C1OC2(c3ccccc3Oc3cc(O)ccc32)c2ccc(NC(=S)NCCS)cc21. The van der Waals surface area contributed by atoms with E-state index in [1.165, 1.54) is 6.07 Å². The highest BCUT2D eigenvalue weighted by Crippen LogP contribution is 2.56. The van der Waals surface area contributed by atoms with Crippen molar-refractivity contribution in [3.05, 3.63) is 82.9 Å². The molecule has 31 heavy (non-hydrogen) atoms. The molecular formula is C23H18N2O4S2. The van der Waals surface area contributed by atoms with Gasteiger partial charge < -0.3 is 25.2 Å². The van der Waals surface area contributed by atoms with Gasteiger partial charge in [0.1, 0.15) is 17.2 Å². The summed E-state index contributed by atoms with van der Waals surface area (Å²) in [5, 5.41) is 16.5. The molecule has 0 saturated carbocycles. The van der Waals surface area contributed by atoms with Gasteiger partial charge in [0, 0.05) is 40.7 Å². The highest BCUT2D eigenvalue weighted by Gasteiger charge is 2.53. The molecular weight excluding hydrogens is 432 g/mol. The molecule has 2 aliphatic rings. The van der Waals surface area contributed by atoms with Crippen LogP contribution in [0.4, 0.5) is 5.69 Å². The Kier molecular flexibility index (Phi) is 4.75. The van der Waals surface area contributed by atoms with Crippen LogP contribution < -0.4 is 15.4 Å². The first kappa shape index (κ1) is 19.7. The number of carbonyl (C=O) groups is 1. The number of thiol groups is 1. The molecule has 2 heterocycles. The second-order valence-corrected chi connectivity index (χ2v) is 8.07. The molecule has 3 aromatic rings. The van der Waals surface area contributed by atoms with Gasteiger partial charge in [0.25, 0.3) is 0 Å². The fraction of sp³-hybridized carbons (Fsp3) is 0.130. The number of ether oxygens (including phenoxy) is 2. The van der Waals surface area contributed by atoms with Crippen molar-refractivity contribution in [2.75, 3.05) is 17.6 Å². The number of esters is 1. The van der Waals surface area contributed by atoms with Gasteiger partial charge >= 0.3 is 5.97 Å². The lowest BCUT2D eigenvalue weighted by atomic mass is 9.77. The standard InChI is InChI=1S/C23H18N2O4S2/c26-14-6-8-18-20(12-14)28-19-4-2-1-3-17(19)23(18)16-7-5-13(11-15(16)21(27)29-23)25-22(31)24-9-10-30/h1-8,11-12,26,30H,9-10H2,(H2,24,25,31). The first-order valence-corrected chi connectivity index (χ1v) is 10.7. The largest absolute Gasteiger partial charge is 0.508 e. The lowest BCUT2D eigenvalue weighted by Crippen LogP contribution is -2.33. The number of benzene rings is 3. The molecule has 0 aromatic heterocycles. The van der Waals surface area contributed by atoms with E-state index in [-0.39, 0.29) is 5.75 Å². The summed E-state index contributed by atoms with van der Waals surface area (Å²) >= 11 is 9.44. The summed E-state index contributed by atoms with van der Waals surface area (Å²) in [5.74, 6) is 1.29. The fourth-order valence-electron chi connectivity index (χ4n) is 4.09. The highest BCUT2D eigenvalue weighted by atomic mass is 32.1. The van der Waals surface area contributed by atoms with Gasteiger partial charge in [-0.05, 0) is 42.5 Å². The number of nitrogens with one attached hydrogen (secondary N) is 2. The Bertz CT molecular complexity index is 1230. The van der Waals surface area contributed by atoms with Crippen molar-refractivity contribution in [1.29, 1.82) is 0 Å². The van der Waals surface area contributed by atoms with E-state index in [2.05, 4.69) is 23.3 Å². The lowest BCUT2D eigenvalue weighted by molar-refractivity contribution is 0.0224. The monoisotopic (exact) mass is 450 g/mol. The fourth-order valence-corrected chi connectivity index (χ4v) is 4.42. The topological polar surface area (TPSA) is 79.8 Å². The van der Waals surface area contributed by atoms with E-state index in [9.17, 15) is 9.90 Å². The Balaban J connectivity index is 1.65. The second-order valence-electron chi connectivity index (χ2n) is 7.21. The summed E-state index contributed by atoms with van der Waals surface area (Å²) in [5.41, 5.74) is 2.05. The zero-order valence-electron chi connectivity index (χ0n) is 16.2. The van der Waals surface area contributed by atoms with Crippen LogP contribution in [0.25, 0.3) is 0 Å². The van der Waals surface area contributed by atoms with Gasteiger partial charge in [-0.15, -0.1) is 0 Å². The summed E-state index contributed by atoms with van der Waals surface area (Å²) < 4.78 is 12.1. The van der Waals surface area contributed by atoms with Crippen molar-refractivity contribution in [3.63, 3.8) is 0 Å². The summed E-state index contributed by atoms with van der Waals surface area (Å²) in [6.45, 7) is 0.630. The average molecular weight is 451 g/mol. The summed E-state index contributed by atoms with van der Waals surface area (Å²) in [4.78, 5) is 13.0. The van der Waals surface area contributed by atoms with Crippen molar-refractivity contribution < 1.29 is 19.4 Å². The minimum Gasteiger partial charge on any atom is -0.508 e. The van der Waals surface area contributed by atoms with Gasteiger partial charge in [0.15, 0.2) is 10.7 Å². The third kappa shape index (κ3) is 3.10. The van der Waals surface area contributed by atoms with Gasteiger partial charge in [0.2, 0.25) is 0 Å². The van der Waals surface area contributed by atoms with Crippen LogP contribution in [0.5, 0.6) is 17.2 Å². The van der Waals surface area contributed by atoms with Crippen molar-refractivity contribution in [2.45, 2.75) is 5.60 Å². The third-order valence-electron chi connectivity index (χ3n) is 5.35. The number of fused-ring (bicyclic) bond motifs is 6. The molecule has 3 N–H and O–H groups in total. The normalized spacial score (nSPS) is 17.8. The second kappa shape index (κ2) is 7.47. The summed E-state index contributed by atoms with van der Waals surface area (Å²) in [6.07, 6.45) is 0. The Morgan fingerprint density at radius 3 is 2.65 bits per heavy atom. The molecule has 3 aromatic carbocycles. The lowest BCUT2D eigenvalue weighted by Gasteiger charge is -2.36. The Hall–Kier alpha value is -3.23. The van der Waals surface area contributed by atoms with E-state index in [1.54, 1.807) is 18.2 Å². The van der Waals surface area contributed by atoms with Gasteiger partial charge in [-0.25, -0.2) is 4.79 Å². The van der Waals surface area contributed by atoms with Crippen LogP contribution in [0.2, 0.25) is 0 Å². The maximum atomic E-state index is 13.0. The number of thiocarbonyl (C=S) groups is 1. The minimum atomic E-state index is -1.16.